The first-order valence-corrected chi connectivity index (χ1v) is 6.01. The molecule has 17 heavy (non-hydrogen) atoms. The van der Waals surface area contributed by atoms with Crippen molar-refractivity contribution in [2.45, 2.75) is 31.8 Å². The fourth-order valence-electron chi connectivity index (χ4n) is 4.33. The summed E-state index contributed by atoms with van der Waals surface area (Å²) < 4.78 is 5.57. The molecule has 3 nitrogen and oxygen atoms in total. The largest absolute Gasteiger partial charge is 0.376 e. The van der Waals surface area contributed by atoms with E-state index in [-0.39, 0.29) is 16.9 Å². The Kier molecular flexibility index (Phi) is 2.00. The van der Waals surface area contributed by atoms with Gasteiger partial charge in [0.15, 0.2) is 0 Å². The van der Waals surface area contributed by atoms with Gasteiger partial charge in [-0.15, -0.1) is 0 Å². The summed E-state index contributed by atoms with van der Waals surface area (Å²) in [6.45, 7) is 0. The van der Waals surface area contributed by atoms with Crippen molar-refractivity contribution in [1.29, 1.82) is 10.5 Å². The first-order chi connectivity index (χ1) is 8.25. The average Bonchev–Trinajstić information content (AvgIpc) is 2.90. The Hall–Kier alpha value is -1.58. The van der Waals surface area contributed by atoms with E-state index in [4.69, 9.17) is 4.74 Å². The highest BCUT2D eigenvalue weighted by molar-refractivity contribution is 5.54. The number of ether oxygens (including phenoxy) is 1. The van der Waals surface area contributed by atoms with E-state index >= 15 is 0 Å². The van der Waals surface area contributed by atoms with Crippen LogP contribution in [0.1, 0.15) is 25.7 Å². The van der Waals surface area contributed by atoms with Crippen molar-refractivity contribution >= 4 is 0 Å². The van der Waals surface area contributed by atoms with Crippen LogP contribution in [0.4, 0.5) is 0 Å². The monoisotopic (exact) mass is 226 g/mol. The van der Waals surface area contributed by atoms with Crippen molar-refractivity contribution in [3.63, 3.8) is 0 Å². The van der Waals surface area contributed by atoms with Crippen LogP contribution < -0.4 is 0 Å². The van der Waals surface area contributed by atoms with Crippen LogP contribution in [0.25, 0.3) is 0 Å². The molecule has 0 N–H and O–H groups in total. The highest BCUT2D eigenvalue weighted by atomic mass is 16.5. The lowest BCUT2D eigenvalue weighted by Gasteiger charge is -2.39. The molecule has 3 rings (SSSR count). The molecule has 0 aromatic rings. The summed E-state index contributed by atoms with van der Waals surface area (Å²) in [6, 6.07) is 4.68. The highest BCUT2D eigenvalue weighted by Crippen LogP contribution is 2.71. The van der Waals surface area contributed by atoms with Crippen LogP contribution in [0.3, 0.4) is 0 Å². The maximum atomic E-state index is 9.34. The van der Waals surface area contributed by atoms with Gasteiger partial charge >= 0.3 is 0 Å². The van der Waals surface area contributed by atoms with Crippen LogP contribution in [0.2, 0.25) is 0 Å². The van der Waals surface area contributed by atoms with E-state index in [0.717, 1.165) is 36.8 Å². The van der Waals surface area contributed by atoms with Crippen molar-refractivity contribution in [1.82, 2.24) is 0 Å². The maximum absolute atomic E-state index is 9.34. The van der Waals surface area contributed by atoms with Crippen LogP contribution in [-0.2, 0) is 4.74 Å². The minimum Gasteiger partial charge on any atom is -0.376 e. The Morgan fingerprint density at radius 1 is 1.29 bits per heavy atom. The molecule has 86 valence electrons. The quantitative estimate of drug-likeness (QED) is 0.690. The Bertz CT molecular complexity index is 519. The molecule has 0 aromatic heterocycles. The number of methoxy groups -OCH3 is 1. The third kappa shape index (κ3) is 0.911. The summed E-state index contributed by atoms with van der Waals surface area (Å²) in [6.07, 6.45) is 7.75. The van der Waals surface area contributed by atoms with E-state index in [2.05, 4.69) is 12.1 Å². The highest BCUT2D eigenvalue weighted by Gasteiger charge is 2.67. The molecule has 0 amide bonds. The Morgan fingerprint density at radius 3 is 2.71 bits per heavy atom. The van der Waals surface area contributed by atoms with E-state index in [1.165, 1.54) is 0 Å². The van der Waals surface area contributed by atoms with E-state index in [1.54, 1.807) is 7.11 Å². The summed E-state index contributed by atoms with van der Waals surface area (Å²) in [5, 5.41) is 18.7. The minimum atomic E-state index is -0.235. The molecule has 0 aromatic carbocycles. The molecular weight excluding hydrogens is 212 g/mol. The van der Waals surface area contributed by atoms with Gasteiger partial charge in [0.1, 0.15) is 0 Å². The molecule has 3 aliphatic rings. The second-order valence-electron chi connectivity index (χ2n) is 5.19. The topological polar surface area (TPSA) is 56.8 Å². The SMILES string of the molecule is CO[C@@H]1C=C(C#N)[C@@]23CC=C(C#N)[C@@]12CCC3. The first kappa shape index (κ1) is 10.6. The van der Waals surface area contributed by atoms with E-state index in [0.29, 0.717) is 0 Å². The van der Waals surface area contributed by atoms with E-state index in [9.17, 15) is 10.5 Å². The molecular formula is C14H14N2O. The Morgan fingerprint density at radius 2 is 2.06 bits per heavy atom. The van der Waals surface area contributed by atoms with Crippen molar-refractivity contribution < 1.29 is 4.74 Å². The second-order valence-corrected chi connectivity index (χ2v) is 5.19. The molecule has 0 heterocycles. The van der Waals surface area contributed by atoms with Crippen molar-refractivity contribution in [2.75, 3.05) is 7.11 Å². The predicted molar refractivity (Wildman–Crippen MR) is 61.5 cm³/mol. The Labute approximate surface area is 101 Å². The lowest BCUT2D eigenvalue weighted by Crippen LogP contribution is -2.40. The molecule has 0 spiro atoms. The molecule has 0 saturated heterocycles. The summed E-state index contributed by atoms with van der Waals surface area (Å²) in [5.41, 5.74) is 1.31. The van der Waals surface area contributed by atoms with E-state index < -0.39 is 0 Å². The van der Waals surface area contributed by atoms with Crippen LogP contribution in [-0.4, -0.2) is 13.2 Å². The lowest BCUT2D eigenvalue weighted by atomic mass is 9.64. The summed E-state index contributed by atoms with van der Waals surface area (Å²) in [5.74, 6) is 0. The molecule has 0 radical (unpaired) electrons. The lowest BCUT2D eigenvalue weighted by molar-refractivity contribution is 0.0192. The minimum absolute atomic E-state index is 0.104. The molecule has 1 fully saturated rings. The summed E-state index contributed by atoms with van der Waals surface area (Å²) in [7, 11) is 1.67. The zero-order valence-electron chi connectivity index (χ0n) is 9.86. The van der Waals surface area contributed by atoms with Gasteiger partial charge in [0, 0.05) is 29.1 Å². The third-order valence-corrected chi connectivity index (χ3v) is 4.98. The number of nitrogens with zero attached hydrogens (tertiary/aromatic N) is 2. The predicted octanol–water partition coefficient (Wildman–Crippen LogP) is 2.48. The molecule has 3 aliphatic carbocycles. The van der Waals surface area contributed by atoms with Crippen LogP contribution in [0.5, 0.6) is 0 Å². The van der Waals surface area contributed by atoms with Gasteiger partial charge in [-0.1, -0.05) is 12.5 Å². The summed E-state index contributed by atoms with van der Waals surface area (Å²) in [4.78, 5) is 0. The Balaban J connectivity index is 2.21. The molecule has 1 saturated carbocycles. The average molecular weight is 226 g/mol. The third-order valence-electron chi connectivity index (χ3n) is 4.98. The fourth-order valence-corrected chi connectivity index (χ4v) is 4.33. The molecule has 0 unspecified atom stereocenters. The number of hydrogen-bond acceptors (Lipinski definition) is 3. The second kappa shape index (κ2) is 3.22. The van der Waals surface area contributed by atoms with Gasteiger partial charge in [-0.05, 0) is 25.3 Å². The molecule has 3 atom stereocenters. The standard InChI is InChI=1S/C14H14N2O/c1-17-12-7-11(9-16)13-4-2-5-14(12,13)10(8-15)3-6-13/h3,7,12H,2,4-6H2,1H3/t12-,13-,14+/m1/s1. The van der Waals surface area contributed by atoms with Crippen LogP contribution in [0, 0.1) is 33.5 Å². The van der Waals surface area contributed by atoms with Gasteiger partial charge in [0.2, 0.25) is 0 Å². The normalized spacial score (nSPS) is 42.2. The van der Waals surface area contributed by atoms with Gasteiger partial charge in [0.25, 0.3) is 0 Å². The van der Waals surface area contributed by atoms with Gasteiger partial charge in [-0.2, -0.15) is 10.5 Å². The molecule has 0 aliphatic heterocycles. The zero-order chi connectivity index (χ0) is 12.1. The van der Waals surface area contributed by atoms with Gasteiger partial charge in [-0.25, -0.2) is 0 Å². The van der Waals surface area contributed by atoms with Crippen LogP contribution >= 0.6 is 0 Å². The fraction of sp³-hybridized carbons (Fsp3) is 0.571. The number of nitriles is 2. The first-order valence-electron chi connectivity index (χ1n) is 6.01. The van der Waals surface area contributed by atoms with Crippen molar-refractivity contribution in [2.24, 2.45) is 10.8 Å². The van der Waals surface area contributed by atoms with E-state index in [1.807, 2.05) is 12.2 Å². The molecule has 3 heteroatoms. The van der Waals surface area contributed by atoms with Crippen molar-refractivity contribution in [3.05, 3.63) is 23.3 Å². The summed E-state index contributed by atoms with van der Waals surface area (Å²) >= 11 is 0. The van der Waals surface area contributed by atoms with Crippen LogP contribution in [0.15, 0.2) is 23.3 Å². The smallest absolute Gasteiger partial charge is 0.0951 e. The number of rotatable bonds is 1. The molecule has 0 bridgehead atoms. The van der Waals surface area contributed by atoms with Gasteiger partial charge in [-0.3, -0.25) is 0 Å². The van der Waals surface area contributed by atoms with Gasteiger partial charge in [0.05, 0.1) is 18.2 Å². The zero-order valence-corrected chi connectivity index (χ0v) is 9.86. The van der Waals surface area contributed by atoms with Gasteiger partial charge < -0.3 is 4.74 Å². The number of allylic oxidation sites excluding steroid dienone is 2. The van der Waals surface area contributed by atoms with Crippen molar-refractivity contribution in [3.8, 4) is 12.1 Å². The number of hydrogen-bond donors (Lipinski definition) is 0. The maximum Gasteiger partial charge on any atom is 0.0951 e.